The molecule has 0 aliphatic heterocycles. The van der Waals surface area contributed by atoms with Crippen LogP contribution in [0.25, 0.3) is 5.57 Å². The minimum atomic E-state index is -3.78. The average Bonchev–Trinajstić information content (AvgIpc) is 2.61. The van der Waals surface area contributed by atoms with E-state index in [2.05, 4.69) is 5.32 Å². The number of carbonyl (C=O) groups excluding carboxylic acids is 1. The van der Waals surface area contributed by atoms with Gasteiger partial charge in [-0.25, -0.2) is 0 Å². The number of carbonyl (C=O) groups is 1. The van der Waals surface area contributed by atoms with Gasteiger partial charge in [-0.05, 0) is 36.1 Å². The lowest BCUT2D eigenvalue weighted by Gasteiger charge is -2.17. The normalized spacial score (nSPS) is 17.3. The van der Waals surface area contributed by atoms with Crippen LogP contribution in [0.2, 0.25) is 0 Å². The number of amides is 1. The molecule has 8 heteroatoms. The van der Waals surface area contributed by atoms with Crippen molar-refractivity contribution < 1.29 is 17.4 Å². The number of benzene rings is 1. The molecule has 1 aliphatic rings. The molecule has 1 amide bonds. The highest BCUT2D eigenvalue weighted by Crippen LogP contribution is 2.44. The van der Waals surface area contributed by atoms with Crippen molar-refractivity contribution >= 4 is 27.6 Å². The number of rotatable bonds is 3. The van der Waals surface area contributed by atoms with Gasteiger partial charge in [0.15, 0.2) is 5.96 Å². The summed E-state index contributed by atoms with van der Waals surface area (Å²) in [5.41, 5.74) is 8.14. The van der Waals surface area contributed by atoms with Gasteiger partial charge in [-0.2, -0.15) is 8.42 Å². The van der Waals surface area contributed by atoms with Crippen molar-refractivity contribution in [2.75, 3.05) is 6.26 Å². The smallest absolute Gasteiger partial charge is 0.265 e. The first-order valence-electron chi connectivity index (χ1n) is 6.46. The third-order valence-corrected chi connectivity index (χ3v) is 3.96. The van der Waals surface area contributed by atoms with Gasteiger partial charge in [-0.3, -0.25) is 19.7 Å². The summed E-state index contributed by atoms with van der Waals surface area (Å²) in [4.78, 5) is 12.3. The first-order valence-corrected chi connectivity index (χ1v) is 8.27. The molecule has 0 radical (unpaired) electrons. The van der Waals surface area contributed by atoms with E-state index in [0.29, 0.717) is 11.1 Å². The van der Waals surface area contributed by atoms with Crippen molar-refractivity contribution in [1.29, 1.82) is 5.41 Å². The first-order chi connectivity index (χ1) is 10.1. The molecular weight excluding hydrogens is 306 g/mol. The predicted molar refractivity (Wildman–Crippen MR) is 82.5 cm³/mol. The van der Waals surface area contributed by atoms with Gasteiger partial charge in [0.05, 0.1) is 11.8 Å². The highest BCUT2D eigenvalue weighted by atomic mass is 32.2. The van der Waals surface area contributed by atoms with E-state index in [-0.39, 0.29) is 5.57 Å². The molecule has 4 N–H and O–H groups in total. The summed E-state index contributed by atoms with van der Waals surface area (Å²) in [5.74, 6) is -1.16. The SMILES string of the molecule is CC1=C(C(=O)NC(=N)N)C(OS(C)(=O)=O)c2c(C)cccc21. The molecule has 7 nitrogen and oxygen atoms in total. The zero-order valence-electron chi connectivity index (χ0n) is 12.4. The van der Waals surface area contributed by atoms with Crippen molar-refractivity contribution in [3.05, 3.63) is 40.5 Å². The Bertz CT molecular complexity index is 796. The van der Waals surface area contributed by atoms with E-state index in [1.807, 2.05) is 19.1 Å². The van der Waals surface area contributed by atoms with Crippen LogP contribution in [0.15, 0.2) is 23.8 Å². The van der Waals surface area contributed by atoms with E-state index in [1.165, 1.54) is 0 Å². The highest BCUT2D eigenvalue weighted by molar-refractivity contribution is 7.86. The summed E-state index contributed by atoms with van der Waals surface area (Å²) in [6, 6.07) is 5.43. The van der Waals surface area contributed by atoms with Gasteiger partial charge in [-0.15, -0.1) is 0 Å². The Morgan fingerprint density at radius 1 is 1.36 bits per heavy atom. The van der Waals surface area contributed by atoms with E-state index >= 15 is 0 Å². The van der Waals surface area contributed by atoms with Crippen LogP contribution in [0.5, 0.6) is 0 Å². The zero-order valence-corrected chi connectivity index (χ0v) is 13.2. The lowest BCUT2D eigenvalue weighted by atomic mass is 10.0. The van der Waals surface area contributed by atoms with Crippen LogP contribution in [0.3, 0.4) is 0 Å². The van der Waals surface area contributed by atoms with Gasteiger partial charge >= 0.3 is 0 Å². The number of nitrogens with one attached hydrogen (secondary N) is 2. The fraction of sp³-hybridized carbons (Fsp3) is 0.286. The van der Waals surface area contributed by atoms with Gasteiger partial charge in [0.2, 0.25) is 0 Å². The van der Waals surface area contributed by atoms with Crippen LogP contribution < -0.4 is 11.1 Å². The molecule has 0 aromatic heterocycles. The monoisotopic (exact) mass is 323 g/mol. The number of fused-ring (bicyclic) bond motifs is 1. The van der Waals surface area contributed by atoms with Gasteiger partial charge in [0.1, 0.15) is 6.10 Å². The van der Waals surface area contributed by atoms with Crippen molar-refractivity contribution in [3.63, 3.8) is 0 Å². The molecule has 0 fully saturated rings. The second-order valence-electron chi connectivity index (χ2n) is 5.12. The second kappa shape index (κ2) is 5.54. The fourth-order valence-corrected chi connectivity index (χ4v) is 3.13. The number of aryl methyl sites for hydroxylation is 1. The van der Waals surface area contributed by atoms with Crippen LogP contribution in [0.1, 0.15) is 29.7 Å². The maximum atomic E-state index is 12.3. The molecule has 118 valence electrons. The Labute approximate surface area is 128 Å². The van der Waals surface area contributed by atoms with Gasteiger partial charge in [0, 0.05) is 0 Å². The minimum absolute atomic E-state index is 0.143. The molecule has 1 aromatic rings. The molecule has 0 saturated heterocycles. The molecule has 0 saturated carbocycles. The van der Waals surface area contributed by atoms with E-state index in [9.17, 15) is 13.2 Å². The van der Waals surface area contributed by atoms with Crippen LogP contribution in [-0.4, -0.2) is 26.5 Å². The van der Waals surface area contributed by atoms with Gasteiger partial charge in [-0.1, -0.05) is 18.2 Å². The summed E-state index contributed by atoms with van der Waals surface area (Å²) in [6.07, 6.45) is -0.107. The van der Waals surface area contributed by atoms with Gasteiger partial charge in [0.25, 0.3) is 16.0 Å². The lowest BCUT2D eigenvalue weighted by molar-refractivity contribution is -0.116. The largest absolute Gasteiger partial charge is 0.370 e. The zero-order chi connectivity index (χ0) is 16.7. The molecule has 1 atom stereocenters. The van der Waals surface area contributed by atoms with Crippen LogP contribution >= 0.6 is 0 Å². The Kier molecular flexibility index (Phi) is 4.08. The number of hydrogen-bond acceptors (Lipinski definition) is 5. The number of hydrogen-bond donors (Lipinski definition) is 3. The number of allylic oxidation sites excluding steroid dienone is 1. The Morgan fingerprint density at radius 3 is 2.55 bits per heavy atom. The summed E-state index contributed by atoms with van der Waals surface area (Å²) in [5, 5.41) is 9.34. The maximum absolute atomic E-state index is 12.3. The molecule has 22 heavy (non-hydrogen) atoms. The third-order valence-electron chi connectivity index (χ3n) is 3.42. The molecule has 0 spiro atoms. The van der Waals surface area contributed by atoms with Crippen molar-refractivity contribution in [2.45, 2.75) is 20.0 Å². The Hall–Kier alpha value is -2.19. The minimum Gasteiger partial charge on any atom is -0.370 e. The second-order valence-corrected chi connectivity index (χ2v) is 6.72. The molecule has 2 rings (SSSR count). The number of guanidine groups is 1. The third kappa shape index (κ3) is 3.02. The highest BCUT2D eigenvalue weighted by Gasteiger charge is 2.37. The molecule has 1 unspecified atom stereocenters. The standard InChI is InChI=1S/C14H17N3O4S/c1-7-5-4-6-9-8(2)11(13(18)17-14(15)16)12(10(7)9)21-22(3,19)20/h4-6,12H,1-3H3,(H4,15,16,17,18). The van der Waals surface area contributed by atoms with Crippen LogP contribution in [0.4, 0.5) is 0 Å². The molecule has 1 aromatic carbocycles. The maximum Gasteiger partial charge on any atom is 0.265 e. The quantitative estimate of drug-likeness (QED) is 0.431. The van der Waals surface area contributed by atoms with Crippen LogP contribution in [-0.2, 0) is 19.1 Å². The van der Waals surface area contributed by atoms with E-state index in [4.69, 9.17) is 15.3 Å². The molecule has 0 bridgehead atoms. The topological polar surface area (TPSA) is 122 Å². The van der Waals surface area contributed by atoms with E-state index in [1.54, 1.807) is 13.0 Å². The van der Waals surface area contributed by atoms with Crippen LogP contribution in [0, 0.1) is 12.3 Å². The van der Waals surface area contributed by atoms with E-state index in [0.717, 1.165) is 17.4 Å². The van der Waals surface area contributed by atoms with Crippen molar-refractivity contribution in [1.82, 2.24) is 5.32 Å². The average molecular weight is 323 g/mol. The van der Waals surface area contributed by atoms with Crippen molar-refractivity contribution in [2.24, 2.45) is 5.73 Å². The first kappa shape index (κ1) is 16.2. The van der Waals surface area contributed by atoms with Gasteiger partial charge < -0.3 is 5.73 Å². The summed E-state index contributed by atoms with van der Waals surface area (Å²) in [6.45, 7) is 3.52. The Balaban J connectivity index is 2.60. The molecular formula is C14H17N3O4S. The summed E-state index contributed by atoms with van der Waals surface area (Å²) < 4.78 is 28.3. The van der Waals surface area contributed by atoms with Crippen molar-refractivity contribution in [3.8, 4) is 0 Å². The summed E-state index contributed by atoms with van der Waals surface area (Å²) >= 11 is 0. The van der Waals surface area contributed by atoms with E-state index < -0.39 is 28.1 Å². The molecule has 1 aliphatic carbocycles. The predicted octanol–water partition coefficient (Wildman–Crippen LogP) is 0.809. The summed E-state index contributed by atoms with van der Waals surface area (Å²) in [7, 11) is -3.78. The lowest BCUT2D eigenvalue weighted by Crippen LogP contribution is -2.37. The molecule has 0 heterocycles. The fourth-order valence-electron chi connectivity index (χ4n) is 2.59. The number of nitrogens with two attached hydrogens (primary N) is 1. The Morgan fingerprint density at radius 2 is 2.00 bits per heavy atom.